The summed E-state index contributed by atoms with van der Waals surface area (Å²) in [4.78, 5) is 2.59. The van der Waals surface area contributed by atoms with Crippen molar-refractivity contribution < 1.29 is 8.42 Å². The van der Waals surface area contributed by atoms with E-state index in [1.807, 2.05) is 6.92 Å². The normalized spacial score (nSPS) is 33.4. The summed E-state index contributed by atoms with van der Waals surface area (Å²) in [6.45, 7) is 8.88. The van der Waals surface area contributed by atoms with Crippen molar-refractivity contribution in [3.63, 3.8) is 0 Å². The zero-order chi connectivity index (χ0) is 14.9. The molecule has 1 aliphatic carbocycles. The molecule has 118 valence electrons. The van der Waals surface area contributed by atoms with Gasteiger partial charge in [-0.25, -0.2) is 8.42 Å². The van der Waals surface area contributed by atoms with Crippen LogP contribution in [0.4, 0.5) is 0 Å². The van der Waals surface area contributed by atoms with Crippen LogP contribution in [-0.2, 0) is 9.84 Å². The second-order valence-electron chi connectivity index (χ2n) is 7.18. The van der Waals surface area contributed by atoms with Crippen LogP contribution in [0.25, 0.3) is 0 Å². The second-order valence-corrected chi connectivity index (χ2v) is 9.37. The van der Waals surface area contributed by atoms with Crippen LogP contribution in [-0.4, -0.2) is 56.5 Å². The van der Waals surface area contributed by atoms with E-state index in [0.717, 1.165) is 13.1 Å². The fraction of sp³-hybridized carbons (Fsp3) is 1.00. The Kier molecular flexibility index (Phi) is 5.14. The van der Waals surface area contributed by atoms with E-state index in [1.54, 1.807) is 0 Å². The van der Waals surface area contributed by atoms with Crippen molar-refractivity contribution in [1.29, 1.82) is 0 Å². The summed E-state index contributed by atoms with van der Waals surface area (Å²) in [5.74, 6) is 1.62. The zero-order valence-electron chi connectivity index (χ0n) is 13.3. The lowest BCUT2D eigenvalue weighted by molar-refractivity contribution is 0.0267. The predicted molar refractivity (Wildman–Crippen MR) is 83.6 cm³/mol. The maximum atomic E-state index is 11.4. The molecule has 0 radical (unpaired) electrons. The van der Waals surface area contributed by atoms with Crippen LogP contribution in [0.2, 0.25) is 0 Å². The molecule has 1 heterocycles. The van der Waals surface area contributed by atoms with Gasteiger partial charge < -0.3 is 10.2 Å². The topological polar surface area (TPSA) is 49.4 Å². The SMILES string of the molecule is CC(CS(C)(=O)=O)NC1C2CCCC1CN(C(C)C)C2. The highest BCUT2D eigenvalue weighted by molar-refractivity contribution is 7.90. The molecule has 2 bridgehead atoms. The molecule has 3 atom stereocenters. The summed E-state index contributed by atoms with van der Waals surface area (Å²) < 4.78 is 22.8. The van der Waals surface area contributed by atoms with Crippen molar-refractivity contribution in [3.05, 3.63) is 0 Å². The van der Waals surface area contributed by atoms with Gasteiger partial charge >= 0.3 is 0 Å². The fourth-order valence-corrected chi connectivity index (χ4v) is 5.00. The van der Waals surface area contributed by atoms with Gasteiger partial charge in [0.2, 0.25) is 0 Å². The summed E-state index contributed by atoms with van der Waals surface area (Å²) >= 11 is 0. The van der Waals surface area contributed by atoms with E-state index in [0.29, 0.717) is 23.9 Å². The molecule has 0 aromatic rings. The van der Waals surface area contributed by atoms with Crippen molar-refractivity contribution in [2.45, 2.75) is 58.2 Å². The summed E-state index contributed by atoms with van der Waals surface area (Å²) in [7, 11) is -2.89. The third-order valence-corrected chi connectivity index (χ3v) is 5.97. The molecule has 1 saturated heterocycles. The van der Waals surface area contributed by atoms with Crippen molar-refractivity contribution >= 4 is 9.84 Å². The Morgan fingerprint density at radius 1 is 1.15 bits per heavy atom. The lowest BCUT2D eigenvalue weighted by atomic mass is 9.73. The Morgan fingerprint density at radius 2 is 1.70 bits per heavy atom. The van der Waals surface area contributed by atoms with Gasteiger partial charge in [-0.15, -0.1) is 0 Å². The average molecular weight is 302 g/mol. The van der Waals surface area contributed by atoms with Crippen LogP contribution >= 0.6 is 0 Å². The first-order valence-electron chi connectivity index (χ1n) is 7.94. The van der Waals surface area contributed by atoms with E-state index >= 15 is 0 Å². The van der Waals surface area contributed by atoms with E-state index in [1.165, 1.54) is 25.5 Å². The molecular formula is C15H30N2O2S. The molecule has 4 nitrogen and oxygen atoms in total. The quantitative estimate of drug-likeness (QED) is 0.836. The standard InChI is InChI=1S/C15H30N2O2S/c1-11(2)17-8-13-6-5-7-14(9-17)15(13)16-12(3)10-20(4,18)19/h11-16H,5-10H2,1-4H3. The van der Waals surface area contributed by atoms with Crippen molar-refractivity contribution in [3.8, 4) is 0 Å². The maximum Gasteiger partial charge on any atom is 0.148 e. The first-order valence-corrected chi connectivity index (χ1v) is 10.00. The van der Waals surface area contributed by atoms with Gasteiger partial charge in [0.1, 0.15) is 9.84 Å². The largest absolute Gasteiger partial charge is 0.310 e. The highest BCUT2D eigenvalue weighted by atomic mass is 32.2. The van der Waals surface area contributed by atoms with Crippen LogP contribution in [0.15, 0.2) is 0 Å². The molecule has 3 unspecified atom stereocenters. The molecule has 2 fully saturated rings. The average Bonchev–Trinajstić information content (AvgIpc) is 2.24. The van der Waals surface area contributed by atoms with E-state index in [9.17, 15) is 8.42 Å². The smallest absolute Gasteiger partial charge is 0.148 e. The van der Waals surface area contributed by atoms with Crippen LogP contribution < -0.4 is 5.32 Å². The van der Waals surface area contributed by atoms with Crippen molar-refractivity contribution in [1.82, 2.24) is 10.2 Å². The molecule has 0 aromatic carbocycles. The number of piperidine rings is 1. The highest BCUT2D eigenvalue weighted by Gasteiger charge is 2.40. The summed E-state index contributed by atoms with van der Waals surface area (Å²) in [5, 5.41) is 3.63. The molecule has 2 aliphatic rings. The third kappa shape index (κ3) is 4.18. The second kappa shape index (κ2) is 6.32. The summed E-state index contributed by atoms with van der Waals surface area (Å²) in [6.07, 6.45) is 5.22. The van der Waals surface area contributed by atoms with Gasteiger partial charge in [0.25, 0.3) is 0 Å². The zero-order valence-corrected chi connectivity index (χ0v) is 14.1. The lowest BCUT2D eigenvalue weighted by Gasteiger charge is -2.49. The lowest BCUT2D eigenvalue weighted by Crippen LogP contribution is -2.60. The molecule has 0 amide bonds. The first-order chi connectivity index (χ1) is 9.26. The van der Waals surface area contributed by atoms with E-state index < -0.39 is 9.84 Å². The van der Waals surface area contributed by atoms with E-state index in [4.69, 9.17) is 0 Å². The van der Waals surface area contributed by atoms with Crippen LogP contribution in [0.1, 0.15) is 40.0 Å². The third-order valence-electron chi connectivity index (χ3n) is 4.86. The molecule has 2 rings (SSSR count). The molecular weight excluding hydrogens is 272 g/mol. The number of rotatable bonds is 5. The van der Waals surface area contributed by atoms with Gasteiger partial charge in [-0.2, -0.15) is 0 Å². The summed E-state index contributed by atoms with van der Waals surface area (Å²) in [6, 6.07) is 1.19. The number of nitrogens with one attached hydrogen (secondary N) is 1. The van der Waals surface area contributed by atoms with Crippen LogP contribution in [0.3, 0.4) is 0 Å². The maximum absolute atomic E-state index is 11.4. The van der Waals surface area contributed by atoms with Crippen molar-refractivity contribution in [2.75, 3.05) is 25.1 Å². The minimum absolute atomic E-state index is 0.0590. The molecule has 0 aromatic heterocycles. The highest BCUT2D eigenvalue weighted by Crippen LogP contribution is 2.35. The Balaban J connectivity index is 1.98. The molecule has 5 heteroatoms. The number of fused-ring (bicyclic) bond motifs is 2. The monoisotopic (exact) mass is 302 g/mol. The summed E-state index contributed by atoms with van der Waals surface area (Å²) in [5.41, 5.74) is 0. The minimum atomic E-state index is -2.89. The van der Waals surface area contributed by atoms with Gasteiger partial charge in [-0.05, 0) is 45.4 Å². The van der Waals surface area contributed by atoms with Gasteiger partial charge in [0.15, 0.2) is 0 Å². The van der Waals surface area contributed by atoms with Gasteiger partial charge in [-0.1, -0.05) is 6.42 Å². The molecule has 1 saturated carbocycles. The van der Waals surface area contributed by atoms with Gasteiger partial charge in [-0.3, -0.25) is 0 Å². The van der Waals surface area contributed by atoms with Gasteiger partial charge in [0.05, 0.1) is 5.75 Å². The Bertz CT molecular complexity index is 408. The number of sulfone groups is 1. The Labute approximate surface area is 124 Å². The fourth-order valence-electron chi connectivity index (χ4n) is 4.00. The van der Waals surface area contributed by atoms with Crippen molar-refractivity contribution in [2.24, 2.45) is 11.8 Å². The van der Waals surface area contributed by atoms with Gasteiger partial charge in [0, 0.05) is 37.5 Å². The molecule has 20 heavy (non-hydrogen) atoms. The molecule has 0 spiro atoms. The number of nitrogens with zero attached hydrogens (tertiary/aromatic N) is 1. The van der Waals surface area contributed by atoms with E-state index in [2.05, 4.69) is 24.1 Å². The molecule has 1 aliphatic heterocycles. The Hall–Kier alpha value is -0.130. The first kappa shape index (κ1) is 16.2. The van der Waals surface area contributed by atoms with Crippen LogP contribution in [0, 0.1) is 11.8 Å². The predicted octanol–water partition coefficient (Wildman–Crippen LogP) is 1.52. The number of hydrogen-bond donors (Lipinski definition) is 1. The number of hydrogen-bond acceptors (Lipinski definition) is 4. The van der Waals surface area contributed by atoms with E-state index in [-0.39, 0.29) is 11.8 Å². The Morgan fingerprint density at radius 3 is 2.15 bits per heavy atom. The number of likely N-dealkylation sites (tertiary alicyclic amines) is 1. The molecule has 1 N–H and O–H groups in total. The minimum Gasteiger partial charge on any atom is -0.310 e. The van der Waals surface area contributed by atoms with Crippen LogP contribution in [0.5, 0.6) is 0 Å².